The number of nitrogens with two attached hydrogens (primary N) is 1. The fourth-order valence-corrected chi connectivity index (χ4v) is 2.37. The molecule has 1 atom stereocenters. The third kappa shape index (κ3) is 3.80. The Morgan fingerprint density at radius 2 is 1.94 bits per heavy atom. The number of benzene rings is 1. The van der Waals surface area contributed by atoms with Crippen molar-refractivity contribution in [2.24, 2.45) is 5.73 Å². The van der Waals surface area contributed by atoms with E-state index in [1.165, 1.54) is 11.1 Å². The highest BCUT2D eigenvalue weighted by Crippen LogP contribution is 2.24. The van der Waals surface area contributed by atoms with E-state index in [1.54, 1.807) is 7.11 Å². The summed E-state index contributed by atoms with van der Waals surface area (Å²) in [7, 11) is 1.74. The number of methoxy groups -OCH3 is 1. The highest BCUT2D eigenvalue weighted by molar-refractivity contribution is 5.29. The minimum absolute atomic E-state index is 0.265. The number of hydrogen-bond donors (Lipinski definition) is 1. The monoisotopic (exact) mass is 250 g/mol. The predicted molar refractivity (Wildman–Crippen MR) is 76.7 cm³/mol. The van der Waals surface area contributed by atoms with Gasteiger partial charge in [-0.15, -0.1) is 0 Å². The maximum atomic E-state index is 6.00. The van der Waals surface area contributed by atoms with Gasteiger partial charge in [0.15, 0.2) is 0 Å². The standard InChI is InChI=1S/C15H26N2O/c1-12(2)17(9-10-18-4)15(11-16)14-8-6-5-7-13(14)3/h5-8,12,15H,9-11,16H2,1-4H3. The summed E-state index contributed by atoms with van der Waals surface area (Å²) in [6.45, 7) is 8.83. The average Bonchev–Trinajstić information content (AvgIpc) is 2.35. The fourth-order valence-electron chi connectivity index (χ4n) is 2.37. The molecule has 1 aromatic carbocycles. The van der Waals surface area contributed by atoms with Gasteiger partial charge in [-0.25, -0.2) is 0 Å². The zero-order valence-electron chi connectivity index (χ0n) is 12.0. The van der Waals surface area contributed by atoms with Crippen LogP contribution in [0, 0.1) is 6.92 Å². The van der Waals surface area contributed by atoms with E-state index in [-0.39, 0.29) is 6.04 Å². The molecule has 1 unspecified atom stereocenters. The van der Waals surface area contributed by atoms with Crippen LogP contribution in [0.4, 0.5) is 0 Å². The molecule has 0 saturated heterocycles. The molecule has 3 heteroatoms. The van der Waals surface area contributed by atoms with E-state index < -0.39 is 0 Å². The van der Waals surface area contributed by atoms with Gasteiger partial charge in [-0.05, 0) is 31.9 Å². The number of ether oxygens (including phenoxy) is 1. The Morgan fingerprint density at radius 1 is 1.28 bits per heavy atom. The zero-order valence-corrected chi connectivity index (χ0v) is 12.0. The van der Waals surface area contributed by atoms with E-state index in [9.17, 15) is 0 Å². The number of aryl methyl sites for hydroxylation is 1. The third-order valence-corrected chi connectivity index (χ3v) is 3.39. The van der Waals surface area contributed by atoms with Gasteiger partial charge in [-0.2, -0.15) is 0 Å². The molecule has 0 bridgehead atoms. The van der Waals surface area contributed by atoms with Crippen molar-refractivity contribution in [1.29, 1.82) is 0 Å². The van der Waals surface area contributed by atoms with Gasteiger partial charge in [-0.3, -0.25) is 4.90 Å². The topological polar surface area (TPSA) is 38.5 Å². The molecule has 0 aliphatic heterocycles. The van der Waals surface area contributed by atoms with Crippen LogP contribution in [0.5, 0.6) is 0 Å². The van der Waals surface area contributed by atoms with Crippen LogP contribution in [0.25, 0.3) is 0 Å². The zero-order chi connectivity index (χ0) is 13.5. The molecule has 0 aliphatic rings. The Hall–Kier alpha value is -0.900. The first-order chi connectivity index (χ1) is 8.61. The number of nitrogens with zero attached hydrogens (tertiary/aromatic N) is 1. The molecule has 18 heavy (non-hydrogen) atoms. The highest BCUT2D eigenvalue weighted by atomic mass is 16.5. The van der Waals surface area contributed by atoms with E-state index in [4.69, 9.17) is 10.5 Å². The Balaban J connectivity index is 2.95. The van der Waals surface area contributed by atoms with Crippen LogP contribution in [0.1, 0.15) is 31.0 Å². The lowest BCUT2D eigenvalue weighted by Crippen LogP contribution is -2.41. The van der Waals surface area contributed by atoms with E-state index in [0.717, 1.165) is 13.2 Å². The van der Waals surface area contributed by atoms with Crippen molar-refractivity contribution in [3.05, 3.63) is 35.4 Å². The Bertz CT molecular complexity index is 352. The largest absolute Gasteiger partial charge is 0.383 e. The molecule has 0 aromatic heterocycles. The van der Waals surface area contributed by atoms with Crippen molar-refractivity contribution in [2.75, 3.05) is 26.8 Å². The van der Waals surface area contributed by atoms with Gasteiger partial charge in [-0.1, -0.05) is 24.3 Å². The molecule has 0 spiro atoms. The summed E-state index contributed by atoms with van der Waals surface area (Å²) in [6.07, 6.45) is 0. The molecular formula is C15H26N2O. The molecule has 0 radical (unpaired) electrons. The van der Waals surface area contributed by atoms with Crippen LogP contribution in [-0.4, -0.2) is 37.7 Å². The summed E-state index contributed by atoms with van der Waals surface area (Å²) >= 11 is 0. The highest BCUT2D eigenvalue weighted by Gasteiger charge is 2.22. The van der Waals surface area contributed by atoms with Gasteiger partial charge in [0.1, 0.15) is 0 Å². The lowest BCUT2D eigenvalue weighted by molar-refractivity contribution is 0.0977. The smallest absolute Gasteiger partial charge is 0.0590 e. The van der Waals surface area contributed by atoms with Crippen molar-refractivity contribution < 1.29 is 4.74 Å². The molecule has 0 aliphatic carbocycles. The summed E-state index contributed by atoms with van der Waals surface area (Å²) < 4.78 is 5.20. The Morgan fingerprint density at radius 3 is 2.44 bits per heavy atom. The van der Waals surface area contributed by atoms with Gasteiger partial charge in [0, 0.05) is 32.3 Å². The molecule has 0 amide bonds. The van der Waals surface area contributed by atoms with Crippen molar-refractivity contribution in [2.45, 2.75) is 32.9 Å². The predicted octanol–water partition coefficient (Wildman–Crippen LogP) is 2.35. The summed E-state index contributed by atoms with van der Waals surface area (Å²) in [6, 6.07) is 9.19. The van der Waals surface area contributed by atoms with Crippen molar-refractivity contribution in [1.82, 2.24) is 4.90 Å². The normalized spacial score (nSPS) is 13.3. The van der Waals surface area contributed by atoms with E-state index in [0.29, 0.717) is 12.6 Å². The van der Waals surface area contributed by atoms with Gasteiger partial charge in [0.25, 0.3) is 0 Å². The molecular weight excluding hydrogens is 224 g/mol. The third-order valence-electron chi connectivity index (χ3n) is 3.39. The van der Waals surface area contributed by atoms with Crippen molar-refractivity contribution in [3.63, 3.8) is 0 Å². The minimum Gasteiger partial charge on any atom is -0.383 e. The second kappa shape index (κ2) is 7.52. The van der Waals surface area contributed by atoms with Gasteiger partial charge in [0.05, 0.1) is 6.61 Å². The summed E-state index contributed by atoms with van der Waals surface area (Å²) in [5.41, 5.74) is 8.63. The summed E-state index contributed by atoms with van der Waals surface area (Å²) in [5.74, 6) is 0. The van der Waals surface area contributed by atoms with Gasteiger partial charge < -0.3 is 10.5 Å². The Kier molecular flexibility index (Phi) is 6.33. The SMILES string of the molecule is COCCN(C(C)C)C(CN)c1ccccc1C. The van der Waals surface area contributed by atoms with Gasteiger partial charge >= 0.3 is 0 Å². The van der Waals surface area contributed by atoms with Crippen LogP contribution in [0.3, 0.4) is 0 Å². The number of rotatable bonds is 7. The average molecular weight is 250 g/mol. The van der Waals surface area contributed by atoms with Crippen LogP contribution in [0.2, 0.25) is 0 Å². The lowest BCUT2D eigenvalue weighted by atomic mass is 9.99. The van der Waals surface area contributed by atoms with Crippen LogP contribution < -0.4 is 5.73 Å². The quantitative estimate of drug-likeness (QED) is 0.807. The molecule has 0 saturated carbocycles. The van der Waals surface area contributed by atoms with E-state index >= 15 is 0 Å². The maximum Gasteiger partial charge on any atom is 0.0590 e. The second-order valence-corrected chi connectivity index (χ2v) is 4.93. The Labute approximate surface area is 111 Å². The molecule has 1 aromatic rings. The van der Waals surface area contributed by atoms with Gasteiger partial charge in [0.2, 0.25) is 0 Å². The second-order valence-electron chi connectivity index (χ2n) is 4.93. The molecule has 3 nitrogen and oxygen atoms in total. The van der Waals surface area contributed by atoms with Crippen molar-refractivity contribution >= 4 is 0 Å². The van der Waals surface area contributed by atoms with Crippen LogP contribution >= 0.6 is 0 Å². The van der Waals surface area contributed by atoms with Crippen LogP contribution in [-0.2, 0) is 4.74 Å². The first kappa shape index (κ1) is 15.2. The van der Waals surface area contributed by atoms with E-state index in [1.807, 2.05) is 0 Å². The van der Waals surface area contributed by atoms with Crippen molar-refractivity contribution in [3.8, 4) is 0 Å². The summed E-state index contributed by atoms with van der Waals surface area (Å²) in [4.78, 5) is 2.41. The first-order valence-corrected chi connectivity index (χ1v) is 6.62. The minimum atomic E-state index is 0.265. The molecule has 0 fully saturated rings. The molecule has 0 heterocycles. The number of hydrogen-bond acceptors (Lipinski definition) is 3. The lowest BCUT2D eigenvalue weighted by Gasteiger charge is -2.35. The molecule has 2 N–H and O–H groups in total. The molecule has 102 valence electrons. The first-order valence-electron chi connectivity index (χ1n) is 6.62. The van der Waals surface area contributed by atoms with Crippen LogP contribution in [0.15, 0.2) is 24.3 Å². The van der Waals surface area contributed by atoms with E-state index in [2.05, 4.69) is 49.9 Å². The maximum absolute atomic E-state index is 6.00. The molecule has 1 rings (SSSR count). The summed E-state index contributed by atoms with van der Waals surface area (Å²) in [5, 5.41) is 0. The fraction of sp³-hybridized carbons (Fsp3) is 0.600.